The van der Waals surface area contributed by atoms with Crippen molar-refractivity contribution in [1.29, 1.82) is 0 Å². The molecule has 1 saturated heterocycles. The molecule has 0 N–H and O–H groups in total. The van der Waals surface area contributed by atoms with Crippen LogP contribution in [0.1, 0.15) is 0 Å². The molecule has 0 unspecified atom stereocenters. The average Bonchev–Trinajstić information content (AvgIpc) is 2.74. The van der Waals surface area contributed by atoms with Crippen LogP contribution in [-0.2, 0) is 0 Å². The van der Waals surface area contributed by atoms with Gasteiger partial charge in [0.25, 0.3) is 0 Å². The highest BCUT2D eigenvalue weighted by atomic mass is 16.5. The minimum atomic E-state index is 0.729. The van der Waals surface area contributed by atoms with Crippen LogP contribution in [0.2, 0.25) is 0 Å². The quantitative estimate of drug-likeness (QED) is 0.712. The van der Waals surface area contributed by atoms with Gasteiger partial charge in [-0.1, -0.05) is 6.07 Å². The van der Waals surface area contributed by atoms with Crippen LogP contribution >= 0.6 is 0 Å². The molecule has 0 bridgehead atoms. The maximum absolute atomic E-state index is 5.56. The molecule has 4 heterocycles. The summed E-state index contributed by atoms with van der Waals surface area (Å²) in [7, 11) is 3.82. The number of piperazine rings is 1. The fourth-order valence-corrected chi connectivity index (χ4v) is 3.27. The molecule has 1 aliphatic heterocycles. The summed E-state index contributed by atoms with van der Waals surface area (Å²) < 4.78 is 5.56. The molecule has 0 saturated carbocycles. The van der Waals surface area contributed by atoms with E-state index in [1.165, 1.54) is 0 Å². The molecule has 0 aromatic carbocycles. The molecule has 3 aromatic rings. The van der Waals surface area contributed by atoms with Crippen molar-refractivity contribution in [3.05, 3.63) is 55.0 Å². The summed E-state index contributed by atoms with van der Waals surface area (Å²) >= 11 is 0. The van der Waals surface area contributed by atoms with Crippen LogP contribution in [0.5, 0.6) is 5.75 Å². The van der Waals surface area contributed by atoms with Gasteiger partial charge in [-0.3, -0.25) is 9.97 Å². The van der Waals surface area contributed by atoms with Gasteiger partial charge in [-0.25, -0.2) is 4.98 Å². The first-order valence-corrected chi connectivity index (χ1v) is 9.10. The smallest absolute Gasteiger partial charge is 0.145 e. The summed E-state index contributed by atoms with van der Waals surface area (Å²) in [6.07, 6.45) is 5.53. The largest absolute Gasteiger partial charge is 0.494 e. The molecule has 0 atom stereocenters. The Bertz CT molecular complexity index is 907. The molecule has 138 valence electrons. The monoisotopic (exact) mass is 361 g/mol. The van der Waals surface area contributed by atoms with Crippen molar-refractivity contribution in [2.45, 2.75) is 0 Å². The van der Waals surface area contributed by atoms with Crippen molar-refractivity contribution in [2.24, 2.45) is 0 Å². The zero-order valence-electron chi connectivity index (χ0n) is 15.7. The second-order valence-electron chi connectivity index (χ2n) is 6.68. The van der Waals surface area contributed by atoms with Gasteiger partial charge in [0, 0.05) is 44.1 Å². The predicted molar refractivity (Wildman–Crippen MR) is 107 cm³/mol. The summed E-state index contributed by atoms with van der Waals surface area (Å²) in [5.74, 6) is 0.729. The number of ether oxygens (including phenoxy) is 1. The van der Waals surface area contributed by atoms with E-state index in [2.05, 4.69) is 32.9 Å². The molecule has 0 amide bonds. The van der Waals surface area contributed by atoms with Crippen LogP contribution in [0.25, 0.3) is 22.6 Å². The Kier molecular flexibility index (Phi) is 4.98. The number of hydrogen-bond donors (Lipinski definition) is 0. The van der Waals surface area contributed by atoms with Crippen LogP contribution in [0.15, 0.2) is 55.0 Å². The topological polar surface area (TPSA) is 54.4 Å². The van der Waals surface area contributed by atoms with E-state index < -0.39 is 0 Å². The normalized spacial score (nSPS) is 15.0. The van der Waals surface area contributed by atoms with E-state index in [4.69, 9.17) is 9.72 Å². The highest BCUT2D eigenvalue weighted by molar-refractivity contribution is 5.72. The van der Waals surface area contributed by atoms with Crippen LogP contribution in [0.4, 0.5) is 5.69 Å². The zero-order valence-corrected chi connectivity index (χ0v) is 15.7. The Morgan fingerprint density at radius 3 is 2.56 bits per heavy atom. The van der Waals surface area contributed by atoms with Gasteiger partial charge >= 0.3 is 0 Å². The van der Waals surface area contributed by atoms with Gasteiger partial charge in [-0.2, -0.15) is 0 Å². The number of rotatable bonds is 4. The fraction of sp³-hybridized carbons (Fsp3) is 0.286. The highest BCUT2D eigenvalue weighted by Gasteiger charge is 2.17. The lowest BCUT2D eigenvalue weighted by Gasteiger charge is -2.34. The summed E-state index contributed by atoms with van der Waals surface area (Å²) in [6.45, 7) is 4.11. The lowest BCUT2D eigenvalue weighted by molar-refractivity contribution is 0.313. The van der Waals surface area contributed by atoms with Crippen molar-refractivity contribution in [3.8, 4) is 28.4 Å². The van der Waals surface area contributed by atoms with Crippen molar-refractivity contribution >= 4 is 5.69 Å². The van der Waals surface area contributed by atoms with E-state index >= 15 is 0 Å². The number of anilines is 1. The minimum Gasteiger partial charge on any atom is -0.494 e. The van der Waals surface area contributed by atoms with Gasteiger partial charge in [-0.15, -0.1) is 0 Å². The van der Waals surface area contributed by atoms with Gasteiger partial charge in [0.15, 0.2) is 0 Å². The van der Waals surface area contributed by atoms with Gasteiger partial charge in [0.1, 0.15) is 11.4 Å². The molecule has 6 nitrogen and oxygen atoms in total. The molecule has 27 heavy (non-hydrogen) atoms. The van der Waals surface area contributed by atoms with Gasteiger partial charge in [-0.05, 0) is 37.4 Å². The van der Waals surface area contributed by atoms with Crippen molar-refractivity contribution < 1.29 is 4.74 Å². The number of aromatic nitrogens is 3. The van der Waals surface area contributed by atoms with Crippen molar-refractivity contribution in [2.75, 3.05) is 45.2 Å². The molecule has 0 radical (unpaired) electrons. The molecule has 6 heteroatoms. The number of methoxy groups -OCH3 is 1. The van der Waals surface area contributed by atoms with E-state index in [0.717, 1.165) is 60.3 Å². The Morgan fingerprint density at radius 2 is 1.81 bits per heavy atom. The lowest BCUT2D eigenvalue weighted by Crippen LogP contribution is -2.44. The Balaban J connectivity index is 1.71. The summed E-state index contributed by atoms with van der Waals surface area (Å²) in [4.78, 5) is 18.4. The summed E-state index contributed by atoms with van der Waals surface area (Å²) in [5.41, 5.74) is 4.50. The standard InChI is InChI=1S/C21H23N5O/c1-25-9-11-26(12-10-25)17-13-16(14-22-15-17)21-20(27-2)7-6-19(24-21)18-5-3-4-8-23-18/h3-8,13-15H,9-12H2,1-2H3. The minimum absolute atomic E-state index is 0.729. The fourth-order valence-electron chi connectivity index (χ4n) is 3.27. The van der Waals surface area contributed by atoms with E-state index in [9.17, 15) is 0 Å². The molecule has 1 aliphatic rings. The van der Waals surface area contributed by atoms with Gasteiger partial charge in [0.2, 0.25) is 0 Å². The maximum Gasteiger partial charge on any atom is 0.145 e. The highest BCUT2D eigenvalue weighted by Crippen LogP contribution is 2.32. The lowest BCUT2D eigenvalue weighted by atomic mass is 10.1. The van der Waals surface area contributed by atoms with Crippen molar-refractivity contribution in [1.82, 2.24) is 19.9 Å². The first-order chi connectivity index (χ1) is 13.2. The first kappa shape index (κ1) is 17.4. The van der Waals surface area contributed by atoms with Gasteiger partial charge in [0.05, 0.1) is 30.4 Å². The second-order valence-corrected chi connectivity index (χ2v) is 6.68. The van der Waals surface area contributed by atoms with Crippen molar-refractivity contribution in [3.63, 3.8) is 0 Å². The zero-order chi connectivity index (χ0) is 18.6. The third-order valence-corrected chi connectivity index (χ3v) is 4.87. The number of pyridine rings is 3. The third kappa shape index (κ3) is 3.75. The van der Waals surface area contributed by atoms with Crippen LogP contribution in [0.3, 0.4) is 0 Å². The summed E-state index contributed by atoms with van der Waals surface area (Å²) in [5, 5.41) is 0. The van der Waals surface area contributed by atoms with E-state index in [0.29, 0.717) is 0 Å². The van der Waals surface area contributed by atoms with E-state index in [1.807, 2.05) is 42.7 Å². The van der Waals surface area contributed by atoms with Gasteiger partial charge < -0.3 is 14.5 Å². The molecular formula is C21H23N5O. The van der Waals surface area contributed by atoms with Crippen LogP contribution in [0, 0.1) is 0 Å². The predicted octanol–water partition coefficient (Wildman–Crippen LogP) is 2.97. The Hall–Kier alpha value is -2.99. The summed E-state index contributed by atoms with van der Waals surface area (Å²) in [6, 6.07) is 11.8. The second kappa shape index (κ2) is 7.72. The SMILES string of the molecule is COc1ccc(-c2ccccn2)nc1-c1cncc(N2CCN(C)CC2)c1. The number of hydrogen-bond acceptors (Lipinski definition) is 6. The van der Waals surface area contributed by atoms with Crippen LogP contribution in [-0.4, -0.2) is 60.2 Å². The number of likely N-dealkylation sites (N-methyl/N-ethyl adjacent to an activating group) is 1. The molecule has 3 aromatic heterocycles. The molecule has 0 spiro atoms. The maximum atomic E-state index is 5.56. The first-order valence-electron chi connectivity index (χ1n) is 9.10. The Labute approximate surface area is 159 Å². The average molecular weight is 361 g/mol. The Morgan fingerprint density at radius 1 is 0.963 bits per heavy atom. The van der Waals surface area contributed by atoms with E-state index in [1.54, 1.807) is 13.3 Å². The molecule has 1 fully saturated rings. The third-order valence-electron chi connectivity index (χ3n) is 4.87. The number of nitrogens with zero attached hydrogens (tertiary/aromatic N) is 5. The van der Waals surface area contributed by atoms with Crippen LogP contribution < -0.4 is 9.64 Å². The van der Waals surface area contributed by atoms with E-state index in [-0.39, 0.29) is 0 Å². The molecule has 4 rings (SSSR count). The molecular weight excluding hydrogens is 338 g/mol. The molecule has 0 aliphatic carbocycles.